The van der Waals surface area contributed by atoms with Crippen molar-refractivity contribution >= 4 is 17.6 Å². The molecule has 1 amide bonds. The highest BCUT2D eigenvalue weighted by Gasteiger charge is 2.27. The van der Waals surface area contributed by atoms with Crippen LogP contribution in [0.4, 0.5) is 10.2 Å². The first-order valence-corrected chi connectivity index (χ1v) is 9.08. The van der Waals surface area contributed by atoms with Crippen LogP contribution in [0.15, 0.2) is 28.0 Å². The van der Waals surface area contributed by atoms with Crippen LogP contribution < -0.4 is 16.0 Å². The highest BCUT2D eigenvalue weighted by atomic mass is 19.1. The van der Waals surface area contributed by atoms with Gasteiger partial charge in [0.2, 0.25) is 11.7 Å². The Morgan fingerprint density at radius 1 is 1.41 bits per heavy atom. The van der Waals surface area contributed by atoms with E-state index in [1.165, 1.54) is 12.1 Å². The molecule has 156 valence electrons. The molecule has 0 fully saturated rings. The number of oxime groups is 1. The van der Waals surface area contributed by atoms with Crippen molar-refractivity contribution in [3.8, 4) is 0 Å². The second-order valence-electron chi connectivity index (χ2n) is 7.43. The predicted molar refractivity (Wildman–Crippen MR) is 101 cm³/mol. The fourth-order valence-electron chi connectivity index (χ4n) is 3.12. The molecule has 0 saturated carbocycles. The van der Waals surface area contributed by atoms with Gasteiger partial charge in [0.1, 0.15) is 5.82 Å². The van der Waals surface area contributed by atoms with E-state index in [0.717, 1.165) is 17.5 Å². The zero-order valence-electron chi connectivity index (χ0n) is 16.1. The fourth-order valence-corrected chi connectivity index (χ4v) is 3.12. The number of aromatic nitrogens is 2. The first-order valence-electron chi connectivity index (χ1n) is 9.08. The van der Waals surface area contributed by atoms with Crippen molar-refractivity contribution in [1.82, 2.24) is 20.9 Å². The summed E-state index contributed by atoms with van der Waals surface area (Å²) in [7, 11) is 0. The molecule has 1 aromatic carbocycles. The second kappa shape index (κ2) is 8.43. The van der Waals surface area contributed by atoms with E-state index >= 15 is 0 Å². The highest BCUT2D eigenvalue weighted by Crippen LogP contribution is 2.32. The van der Waals surface area contributed by atoms with Crippen LogP contribution in [-0.4, -0.2) is 51.1 Å². The molecule has 1 aliphatic carbocycles. The molecule has 0 saturated heterocycles. The SMILES string of the molecule is CC(C)(CO)NC(=O)CNc1nonc1/C(=N/O)NC1CCc2ccc(F)cc21. The molecule has 11 heteroatoms. The number of anilines is 1. The summed E-state index contributed by atoms with van der Waals surface area (Å²) >= 11 is 0. The van der Waals surface area contributed by atoms with Crippen LogP contribution in [0, 0.1) is 5.82 Å². The molecule has 0 bridgehead atoms. The Bertz CT molecular complexity index is 914. The van der Waals surface area contributed by atoms with Gasteiger partial charge >= 0.3 is 0 Å². The van der Waals surface area contributed by atoms with E-state index in [9.17, 15) is 19.5 Å². The predicted octanol–water partition coefficient (Wildman–Crippen LogP) is 0.921. The topological polar surface area (TPSA) is 145 Å². The fraction of sp³-hybridized carbons (Fsp3) is 0.444. The van der Waals surface area contributed by atoms with E-state index in [-0.39, 0.29) is 48.3 Å². The van der Waals surface area contributed by atoms with E-state index in [0.29, 0.717) is 6.42 Å². The minimum absolute atomic E-state index is 0.0213. The van der Waals surface area contributed by atoms with Crippen molar-refractivity contribution in [3.63, 3.8) is 0 Å². The molecule has 1 aromatic heterocycles. The molecule has 2 aromatic rings. The Morgan fingerprint density at radius 2 is 2.21 bits per heavy atom. The summed E-state index contributed by atoms with van der Waals surface area (Å²) in [6, 6.07) is 4.32. The Balaban J connectivity index is 1.68. The number of aliphatic hydroxyl groups excluding tert-OH is 1. The van der Waals surface area contributed by atoms with Gasteiger partial charge in [0.25, 0.3) is 0 Å². The molecular weight excluding hydrogens is 383 g/mol. The third-order valence-electron chi connectivity index (χ3n) is 4.60. The number of amides is 1. The maximum atomic E-state index is 13.6. The van der Waals surface area contributed by atoms with Gasteiger partial charge in [0.15, 0.2) is 11.5 Å². The lowest BCUT2D eigenvalue weighted by Crippen LogP contribution is -2.48. The zero-order chi connectivity index (χ0) is 21.0. The number of nitrogens with one attached hydrogen (secondary N) is 3. The van der Waals surface area contributed by atoms with Gasteiger partial charge in [-0.1, -0.05) is 11.2 Å². The summed E-state index contributed by atoms with van der Waals surface area (Å²) in [6.07, 6.45) is 1.44. The number of halogens is 1. The number of fused-ring (bicyclic) bond motifs is 1. The van der Waals surface area contributed by atoms with Gasteiger partial charge in [0.05, 0.1) is 24.7 Å². The third-order valence-corrected chi connectivity index (χ3v) is 4.60. The number of amidine groups is 1. The lowest BCUT2D eigenvalue weighted by atomic mass is 10.1. The maximum Gasteiger partial charge on any atom is 0.239 e. The van der Waals surface area contributed by atoms with E-state index in [2.05, 4.69) is 31.4 Å². The van der Waals surface area contributed by atoms with E-state index in [4.69, 9.17) is 4.63 Å². The number of aryl methyl sites for hydroxylation is 1. The Kier molecular flexibility index (Phi) is 5.97. The summed E-state index contributed by atoms with van der Waals surface area (Å²) in [5, 5.41) is 37.7. The summed E-state index contributed by atoms with van der Waals surface area (Å²) in [4.78, 5) is 12.0. The van der Waals surface area contributed by atoms with Gasteiger partial charge < -0.3 is 26.3 Å². The molecule has 0 radical (unpaired) electrons. The van der Waals surface area contributed by atoms with Crippen LogP contribution in [0.5, 0.6) is 0 Å². The summed E-state index contributed by atoms with van der Waals surface area (Å²) < 4.78 is 18.3. The minimum Gasteiger partial charge on any atom is -0.409 e. The lowest BCUT2D eigenvalue weighted by Gasteiger charge is -2.23. The first kappa shape index (κ1) is 20.5. The van der Waals surface area contributed by atoms with Crippen LogP contribution in [0.25, 0.3) is 0 Å². The first-order chi connectivity index (χ1) is 13.8. The van der Waals surface area contributed by atoms with Crippen LogP contribution in [0.3, 0.4) is 0 Å². The van der Waals surface area contributed by atoms with Crippen molar-refractivity contribution < 1.29 is 24.1 Å². The summed E-state index contributed by atoms with van der Waals surface area (Å²) in [5.41, 5.74) is 1.10. The van der Waals surface area contributed by atoms with Gasteiger partial charge in [0, 0.05) is 0 Å². The number of nitrogens with zero attached hydrogens (tertiary/aromatic N) is 3. The molecule has 1 unspecified atom stereocenters. The second-order valence-corrected chi connectivity index (χ2v) is 7.43. The van der Waals surface area contributed by atoms with E-state index in [1.807, 2.05) is 0 Å². The van der Waals surface area contributed by atoms with E-state index < -0.39 is 5.54 Å². The number of carbonyl (C=O) groups excluding carboxylic acids is 1. The molecule has 1 aliphatic rings. The Hall–Kier alpha value is -3.21. The average Bonchev–Trinajstić information content (AvgIpc) is 3.30. The Morgan fingerprint density at radius 3 is 2.93 bits per heavy atom. The van der Waals surface area contributed by atoms with Crippen LogP contribution in [-0.2, 0) is 11.2 Å². The van der Waals surface area contributed by atoms with Crippen molar-refractivity contribution in [2.45, 2.75) is 38.3 Å². The van der Waals surface area contributed by atoms with Gasteiger partial charge in [-0.3, -0.25) is 4.79 Å². The smallest absolute Gasteiger partial charge is 0.239 e. The number of hydrogen-bond acceptors (Lipinski definition) is 8. The van der Waals surface area contributed by atoms with Crippen LogP contribution >= 0.6 is 0 Å². The number of rotatable bonds is 7. The molecule has 1 atom stereocenters. The highest BCUT2D eigenvalue weighted by molar-refractivity contribution is 6.01. The van der Waals surface area contributed by atoms with Gasteiger partial charge in [-0.15, -0.1) is 0 Å². The van der Waals surface area contributed by atoms with E-state index in [1.54, 1.807) is 19.9 Å². The Labute approximate surface area is 166 Å². The minimum atomic E-state index is -0.770. The average molecular weight is 406 g/mol. The third kappa shape index (κ3) is 4.80. The van der Waals surface area contributed by atoms with Crippen LogP contribution in [0.1, 0.15) is 43.1 Å². The summed E-state index contributed by atoms with van der Waals surface area (Å²) in [6.45, 7) is 2.97. The van der Waals surface area contributed by atoms with Crippen molar-refractivity contribution in [2.75, 3.05) is 18.5 Å². The molecule has 5 N–H and O–H groups in total. The van der Waals surface area contributed by atoms with Crippen molar-refractivity contribution in [2.24, 2.45) is 5.16 Å². The van der Waals surface area contributed by atoms with Gasteiger partial charge in [-0.2, -0.15) is 0 Å². The number of hydrogen-bond donors (Lipinski definition) is 5. The molecule has 1 heterocycles. The van der Waals surface area contributed by atoms with Crippen LogP contribution in [0.2, 0.25) is 0 Å². The van der Waals surface area contributed by atoms with Crippen molar-refractivity contribution in [3.05, 3.63) is 40.8 Å². The number of aliphatic hydroxyl groups is 1. The van der Waals surface area contributed by atoms with Gasteiger partial charge in [-0.25, -0.2) is 9.02 Å². The summed E-state index contributed by atoms with van der Waals surface area (Å²) in [5.74, 6) is -0.650. The molecule has 10 nitrogen and oxygen atoms in total. The normalized spacial score (nSPS) is 16.4. The standard InChI is InChI=1S/C18H23FN6O4/c1-18(2,9-26)22-14(27)8-20-16-15(24-29-25-16)17(23-28)21-13-6-4-10-3-5-11(19)7-12(10)13/h3,5,7,13,26,28H,4,6,8-9H2,1-2H3,(H,20,25)(H,21,23)(H,22,27). The molecule has 0 spiro atoms. The van der Waals surface area contributed by atoms with Crippen molar-refractivity contribution in [1.29, 1.82) is 0 Å². The largest absolute Gasteiger partial charge is 0.409 e. The molecular formula is C18H23FN6O4. The maximum absolute atomic E-state index is 13.6. The molecule has 3 rings (SSSR count). The monoisotopic (exact) mass is 406 g/mol. The zero-order valence-corrected chi connectivity index (χ0v) is 16.1. The quantitative estimate of drug-likeness (QED) is 0.198. The van der Waals surface area contributed by atoms with Gasteiger partial charge in [-0.05, 0) is 60.3 Å². The number of carbonyl (C=O) groups is 1. The lowest BCUT2D eigenvalue weighted by molar-refractivity contribution is -0.121. The number of benzene rings is 1. The molecule has 29 heavy (non-hydrogen) atoms. The molecule has 0 aliphatic heterocycles.